The van der Waals surface area contributed by atoms with Crippen LogP contribution in [0.2, 0.25) is 5.02 Å². The highest BCUT2D eigenvalue weighted by atomic mass is 35.5. The van der Waals surface area contributed by atoms with E-state index in [4.69, 9.17) is 11.6 Å². The minimum Gasteiger partial charge on any atom is -0.363 e. The molecule has 1 N–H and O–H groups in total. The summed E-state index contributed by atoms with van der Waals surface area (Å²) in [6.07, 6.45) is 0. The number of pyridine rings is 1. The molecular weight excluding hydrogens is 279 g/mol. The van der Waals surface area contributed by atoms with Crippen molar-refractivity contribution < 1.29 is 4.39 Å². The lowest BCUT2D eigenvalue weighted by atomic mass is 10.2. The third kappa shape index (κ3) is 2.20. The van der Waals surface area contributed by atoms with Crippen LogP contribution in [-0.4, -0.2) is 29.0 Å². The van der Waals surface area contributed by atoms with Crippen LogP contribution in [0.4, 0.5) is 10.2 Å². The predicted octanol–water partition coefficient (Wildman–Crippen LogP) is 3.48. The Balaban J connectivity index is 2.10. The third-order valence-electron chi connectivity index (χ3n) is 2.98. The van der Waals surface area contributed by atoms with Crippen molar-refractivity contribution in [2.45, 2.75) is 0 Å². The van der Waals surface area contributed by atoms with E-state index < -0.39 is 5.82 Å². The number of anilines is 1. The van der Waals surface area contributed by atoms with Crippen molar-refractivity contribution in [1.82, 2.24) is 15.0 Å². The predicted molar refractivity (Wildman–Crippen MR) is 78.6 cm³/mol. The number of halogens is 2. The number of rotatable bonds is 2. The van der Waals surface area contributed by atoms with Crippen LogP contribution < -0.4 is 4.90 Å². The Hall–Kier alpha value is -2.14. The zero-order chi connectivity index (χ0) is 14.3. The molecule has 4 nitrogen and oxygen atoms in total. The highest BCUT2D eigenvalue weighted by Crippen LogP contribution is 2.24. The molecule has 0 radical (unpaired) electrons. The Kier molecular flexibility index (Phi) is 3.06. The standard InChI is InChI=1S/C14H12ClFN4/c1-20(2)12-6-5-11-14(18-12)19-13(17-11)8-3-4-9(15)10(16)7-8/h3-7H,1-2H3,(H,17,18,19). The second kappa shape index (κ2) is 4.76. The van der Waals surface area contributed by atoms with E-state index in [1.807, 2.05) is 31.1 Å². The smallest absolute Gasteiger partial charge is 0.180 e. The van der Waals surface area contributed by atoms with Crippen LogP contribution >= 0.6 is 11.6 Å². The van der Waals surface area contributed by atoms with Crippen LogP contribution in [0, 0.1) is 5.82 Å². The lowest BCUT2D eigenvalue weighted by molar-refractivity contribution is 0.628. The second-order valence-electron chi connectivity index (χ2n) is 4.65. The maximum absolute atomic E-state index is 13.5. The summed E-state index contributed by atoms with van der Waals surface area (Å²) >= 11 is 5.68. The second-order valence-corrected chi connectivity index (χ2v) is 5.06. The number of H-pyrrole nitrogens is 1. The van der Waals surface area contributed by atoms with Crippen molar-refractivity contribution in [3.05, 3.63) is 41.2 Å². The first-order valence-corrected chi connectivity index (χ1v) is 6.42. The molecule has 0 aliphatic carbocycles. The Bertz CT molecular complexity index is 782. The maximum Gasteiger partial charge on any atom is 0.180 e. The van der Waals surface area contributed by atoms with Gasteiger partial charge in [-0.1, -0.05) is 11.6 Å². The van der Waals surface area contributed by atoms with E-state index in [2.05, 4.69) is 15.0 Å². The van der Waals surface area contributed by atoms with Crippen LogP contribution in [0.3, 0.4) is 0 Å². The molecule has 3 rings (SSSR count). The largest absolute Gasteiger partial charge is 0.363 e. The van der Waals surface area contributed by atoms with E-state index in [0.29, 0.717) is 17.0 Å². The monoisotopic (exact) mass is 290 g/mol. The lowest BCUT2D eigenvalue weighted by Gasteiger charge is -2.09. The van der Waals surface area contributed by atoms with E-state index in [0.717, 1.165) is 11.3 Å². The highest BCUT2D eigenvalue weighted by molar-refractivity contribution is 6.30. The first kappa shape index (κ1) is 12.9. The van der Waals surface area contributed by atoms with Crippen molar-refractivity contribution in [3.63, 3.8) is 0 Å². The Morgan fingerprint density at radius 1 is 1.15 bits per heavy atom. The molecule has 0 amide bonds. The fourth-order valence-electron chi connectivity index (χ4n) is 1.91. The number of aromatic nitrogens is 3. The van der Waals surface area contributed by atoms with Gasteiger partial charge in [0.1, 0.15) is 17.5 Å². The molecule has 0 saturated carbocycles. The summed E-state index contributed by atoms with van der Waals surface area (Å²) in [4.78, 5) is 13.8. The van der Waals surface area contributed by atoms with Gasteiger partial charge in [0.25, 0.3) is 0 Å². The summed E-state index contributed by atoms with van der Waals surface area (Å²) in [5, 5.41) is 0.0953. The normalized spacial score (nSPS) is 11.0. The van der Waals surface area contributed by atoms with Gasteiger partial charge in [0.2, 0.25) is 0 Å². The number of fused-ring (bicyclic) bond motifs is 1. The average Bonchev–Trinajstić information content (AvgIpc) is 2.84. The molecule has 0 aliphatic heterocycles. The molecule has 1 aromatic carbocycles. The molecular formula is C14H12ClFN4. The quantitative estimate of drug-likeness (QED) is 0.786. The molecule has 0 saturated heterocycles. The molecule has 0 aliphatic rings. The van der Waals surface area contributed by atoms with Crippen molar-refractivity contribution in [3.8, 4) is 11.4 Å². The summed E-state index contributed by atoms with van der Waals surface area (Å²) in [5.74, 6) is 0.920. The van der Waals surface area contributed by atoms with Crippen LogP contribution in [0.1, 0.15) is 0 Å². The summed E-state index contributed by atoms with van der Waals surface area (Å²) in [5.41, 5.74) is 2.04. The average molecular weight is 291 g/mol. The van der Waals surface area contributed by atoms with Gasteiger partial charge in [0, 0.05) is 19.7 Å². The minimum absolute atomic E-state index is 0.0953. The van der Waals surface area contributed by atoms with Gasteiger partial charge in [-0.3, -0.25) is 0 Å². The van der Waals surface area contributed by atoms with Crippen LogP contribution in [0.5, 0.6) is 0 Å². The number of hydrogen-bond donors (Lipinski definition) is 1. The summed E-state index contributed by atoms with van der Waals surface area (Å²) in [6.45, 7) is 0. The topological polar surface area (TPSA) is 44.8 Å². The number of imidazole rings is 1. The van der Waals surface area contributed by atoms with Gasteiger partial charge in [-0.15, -0.1) is 0 Å². The molecule has 0 atom stereocenters. The van der Waals surface area contributed by atoms with Gasteiger partial charge >= 0.3 is 0 Å². The zero-order valence-corrected chi connectivity index (χ0v) is 11.7. The number of benzene rings is 1. The van der Waals surface area contributed by atoms with E-state index >= 15 is 0 Å². The molecule has 20 heavy (non-hydrogen) atoms. The first-order valence-electron chi connectivity index (χ1n) is 6.04. The van der Waals surface area contributed by atoms with Gasteiger partial charge in [-0.25, -0.2) is 14.4 Å². The van der Waals surface area contributed by atoms with E-state index in [1.165, 1.54) is 12.1 Å². The van der Waals surface area contributed by atoms with Gasteiger partial charge in [-0.05, 0) is 30.3 Å². The molecule has 2 heterocycles. The van der Waals surface area contributed by atoms with Gasteiger partial charge in [-0.2, -0.15) is 0 Å². The SMILES string of the molecule is CN(C)c1ccc2[nH]c(-c3ccc(Cl)c(F)c3)nc2n1. The molecule has 6 heteroatoms. The zero-order valence-electron chi connectivity index (χ0n) is 11.0. The van der Waals surface area contributed by atoms with E-state index in [-0.39, 0.29) is 5.02 Å². The lowest BCUT2D eigenvalue weighted by Crippen LogP contribution is -2.10. The number of nitrogens with one attached hydrogen (secondary N) is 1. The Morgan fingerprint density at radius 2 is 1.95 bits per heavy atom. The Morgan fingerprint density at radius 3 is 2.65 bits per heavy atom. The van der Waals surface area contributed by atoms with E-state index in [1.54, 1.807) is 6.07 Å². The molecule has 3 aromatic rings. The molecule has 2 aromatic heterocycles. The number of aromatic amines is 1. The Labute approximate surface area is 120 Å². The molecule has 102 valence electrons. The fraction of sp³-hybridized carbons (Fsp3) is 0.143. The van der Waals surface area contributed by atoms with Crippen LogP contribution in [0.15, 0.2) is 30.3 Å². The van der Waals surface area contributed by atoms with Crippen molar-refractivity contribution in [1.29, 1.82) is 0 Å². The summed E-state index contributed by atoms with van der Waals surface area (Å²) in [7, 11) is 3.83. The maximum atomic E-state index is 13.5. The fourth-order valence-corrected chi connectivity index (χ4v) is 2.03. The number of hydrogen-bond acceptors (Lipinski definition) is 3. The minimum atomic E-state index is -0.466. The summed E-state index contributed by atoms with van der Waals surface area (Å²) < 4.78 is 13.5. The van der Waals surface area contributed by atoms with Crippen molar-refractivity contribution in [2.24, 2.45) is 0 Å². The van der Waals surface area contributed by atoms with E-state index in [9.17, 15) is 4.39 Å². The first-order chi connectivity index (χ1) is 9.54. The van der Waals surface area contributed by atoms with Crippen LogP contribution in [-0.2, 0) is 0 Å². The summed E-state index contributed by atoms with van der Waals surface area (Å²) in [6, 6.07) is 8.38. The molecule has 0 bridgehead atoms. The molecule has 0 unspecified atom stereocenters. The molecule has 0 fully saturated rings. The number of nitrogens with zero attached hydrogens (tertiary/aromatic N) is 3. The van der Waals surface area contributed by atoms with Gasteiger partial charge in [0.05, 0.1) is 10.5 Å². The highest BCUT2D eigenvalue weighted by Gasteiger charge is 2.10. The van der Waals surface area contributed by atoms with Crippen LogP contribution in [0.25, 0.3) is 22.6 Å². The third-order valence-corrected chi connectivity index (χ3v) is 3.29. The van der Waals surface area contributed by atoms with Crippen molar-refractivity contribution in [2.75, 3.05) is 19.0 Å². The van der Waals surface area contributed by atoms with Crippen molar-refractivity contribution >= 4 is 28.6 Å². The molecule has 0 spiro atoms. The van der Waals surface area contributed by atoms with Gasteiger partial charge in [0.15, 0.2) is 5.65 Å². The van der Waals surface area contributed by atoms with Gasteiger partial charge < -0.3 is 9.88 Å².